The van der Waals surface area contributed by atoms with Crippen LogP contribution in [0.15, 0.2) is 40.8 Å². The molecule has 7 heteroatoms. The zero-order chi connectivity index (χ0) is 19.5. The Hall–Kier alpha value is -3.05. The Morgan fingerprint density at radius 1 is 1.14 bits per heavy atom. The van der Waals surface area contributed by atoms with E-state index in [4.69, 9.17) is 21.3 Å². The van der Waals surface area contributed by atoms with Crippen LogP contribution >= 0.6 is 23.6 Å². The number of oxazole rings is 1. The molecule has 0 saturated carbocycles. The van der Waals surface area contributed by atoms with Gasteiger partial charge in [0.1, 0.15) is 12.0 Å². The van der Waals surface area contributed by atoms with Crippen LogP contribution in [0.3, 0.4) is 0 Å². The average molecular weight is 408 g/mol. The molecule has 4 rings (SSSR count). The summed E-state index contributed by atoms with van der Waals surface area (Å²) in [6, 6.07) is 12.3. The molecule has 0 radical (unpaired) electrons. The van der Waals surface area contributed by atoms with E-state index in [1.54, 1.807) is 4.57 Å². The summed E-state index contributed by atoms with van der Waals surface area (Å²) in [6.07, 6.45) is 0. The van der Waals surface area contributed by atoms with E-state index in [9.17, 15) is 0 Å². The number of hydrogen-bond acceptors (Lipinski definition) is 4. The minimum atomic E-state index is 0.258. The molecule has 0 spiro atoms. The van der Waals surface area contributed by atoms with Crippen LogP contribution in [-0.2, 0) is 17.9 Å². The standard InChI is InChI=1S/C21H11ClN2O3S/c1-23-17-10-6-5-9-15(17)16-13-19-20(14-18(16)23)26-21(22)24(19)11-7-3-2-4-8-12-28-27-25/h5-6,9-10,13-14H,11H2,1H3/p+1. The van der Waals surface area contributed by atoms with E-state index in [2.05, 4.69) is 62.0 Å². The molecule has 4 aromatic rings. The fraction of sp³-hybridized carbons (Fsp3) is 0.0952. The minimum absolute atomic E-state index is 0.258. The van der Waals surface area contributed by atoms with Crippen molar-refractivity contribution < 1.29 is 18.6 Å². The molecular formula is C21H12ClN2O3S+. The lowest BCUT2D eigenvalue weighted by atomic mass is 10.1. The number of para-hydroxylation sites is 1. The summed E-state index contributed by atoms with van der Waals surface area (Å²) in [5.74, 6) is 13.3. The quantitative estimate of drug-likeness (QED) is 0.178. The number of benzene rings is 2. The average Bonchev–Trinajstić information content (AvgIpc) is 3.16. The molecule has 0 atom stereocenters. The highest BCUT2D eigenvalue weighted by Gasteiger charge is 2.22. The monoisotopic (exact) mass is 407 g/mol. The van der Waals surface area contributed by atoms with E-state index in [1.807, 2.05) is 25.2 Å². The summed E-state index contributed by atoms with van der Waals surface area (Å²) < 4.78 is 13.4. The summed E-state index contributed by atoms with van der Waals surface area (Å²) >= 11 is 6.87. The molecule has 2 aromatic carbocycles. The maximum atomic E-state index is 8.11. The van der Waals surface area contributed by atoms with Gasteiger partial charge in [-0.25, -0.2) is 5.26 Å². The second-order valence-corrected chi connectivity index (χ2v) is 6.63. The molecule has 1 N–H and O–H groups in total. The molecular weight excluding hydrogens is 396 g/mol. The maximum absolute atomic E-state index is 8.11. The Morgan fingerprint density at radius 3 is 2.82 bits per heavy atom. The Morgan fingerprint density at radius 2 is 1.96 bits per heavy atom. The lowest BCUT2D eigenvalue weighted by molar-refractivity contribution is -0.661. The molecule has 0 bridgehead atoms. The van der Waals surface area contributed by atoms with Crippen LogP contribution in [0.4, 0.5) is 0 Å². The topological polar surface area (TPSA) is 51.4 Å². The predicted octanol–water partition coefficient (Wildman–Crippen LogP) is 4.12. The smallest absolute Gasteiger partial charge is 0.388 e. The Kier molecular flexibility index (Phi) is 5.17. The van der Waals surface area contributed by atoms with Crippen molar-refractivity contribution >= 4 is 56.5 Å². The van der Waals surface area contributed by atoms with Crippen LogP contribution in [0.5, 0.6) is 0 Å². The number of halogens is 1. The maximum Gasteiger partial charge on any atom is 0.451 e. The zero-order valence-electron chi connectivity index (χ0n) is 14.6. The first-order chi connectivity index (χ1) is 13.7. The molecule has 0 fully saturated rings. The van der Waals surface area contributed by atoms with E-state index in [-0.39, 0.29) is 5.35 Å². The van der Waals surface area contributed by atoms with E-state index in [0.717, 1.165) is 21.9 Å². The zero-order valence-corrected chi connectivity index (χ0v) is 16.2. The van der Waals surface area contributed by atoms with Gasteiger partial charge < -0.3 is 8.98 Å². The highest BCUT2D eigenvalue weighted by Crippen LogP contribution is 2.31. The summed E-state index contributed by atoms with van der Waals surface area (Å²) in [6.45, 7) is 0.332. The molecule has 0 unspecified atom stereocenters. The second kappa shape index (κ2) is 7.90. The molecule has 136 valence electrons. The lowest BCUT2D eigenvalue weighted by Crippen LogP contribution is -2.32. The van der Waals surface area contributed by atoms with Gasteiger partial charge in [0.2, 0.25) is 12.1 Å². The third kappa shape index (κ3) is 3.29. The van der Waals surface area contributed by atoms with Crippen LogP contribution in [0.1, 0.15) is 0 Å². The second-order valence-electron chi connectivity index (χ2n) is 5.79. The first kappa shape index (κ1) is 18.3. The van der Waals surface area contributed by atoms with Crippen molar-refractivity contribution in [2.75, 3.05) is 0 Å². The number of aromatic nitrogens is 2. The van der Waals surface area contributed by atoms with Gasteiger partial charge in [-0.1, -0.05) is 18.2 Å². The molecule has 0 aliphatic carbocycles. The van der Waals surface area contributed by atoms with Crippen molar-refractivity contribution in [1.82, 2.24) is 4.57 Å². The van der Waals surface area contributed by atoms with E-state index in [0.29, 0.717) is 24.2 Å². The normalized spacial score (nSPS) is 10.2. The summed E-state index contributed by atoms with van der Waals surface area (Å²) in [5, 5.41) is 13.1. The predicted molar refractivity (Wildman–Crippen MR) is 110 cm³/mol. The van der Waals surface area contributed by atoms with Crippen molar-refractivity contribution in [1.29, 1.82) is 0 Å². The van der Waals surface area contributed by atoms with Crippen molar-refractivity contribution in [3.05, 3.63) is 41.7 Å². The number of aryl methyl sites for hydroxylation is 1. The SMILES string of the molecule is Cn1c2ccccc2c2cc3c(cc21)oc(Cl)[n+]3CC#CC#CC#CSOO. The van der Waals surface area contributed by atoms with Crippen LogP contribution in [0, 0.1) is 34.9 Å². The first-order valence-corrected chi connectivity index (χ1v) is 9.26. The third-order valence-corrected chi connectivity index (χ3v) is 4.88. The van der Waals surface area contributed by atoms with E-state index >= 15 is 0 Å². The molecule has 28 heavy (non-hydrogen) atoms. The largest absolute Gasteiger partial charge is 0.451 e. The molecule has 2 heterocycles. The lowest BCUT2D eigenvalue weighted by Gasteiger charge is -1.96. The van der Waals surface area contributed by atoms with Gasteiger partial charge in [-0.2, -0.15) is 4.33 Å². The fourth-order valence-corrected chi connectivity index (χ4v) is 3.51. The van der Waals surface area contributed by atoms with Gasteiger partial charge in [0.15, 0.2) is 0 Å². The van der Waals surface area contributed by atoms with Gasteiger partial charge in [-0.15, -0.1) is 4.57 Å². The summed E-state index contributed by atoms with van der Waals surface area (Å²) in [5.41, 5.74) is 3.80. The van der Waals surface area contributed by atoms with Crippen LogP contribution in [-0.4, -0.2) is 9.82 Å². The Balaban J connectivity index is 1.74. The number of nitrogens with zero attached hydrogens (tertiary/aromatic N) is 2. The molecule has 0 saturated heterocycles. The fourth-order valence-electron chi connectivity index (χ4n) is 3.15. The van der Waals surface area contributed by atoms with Gasteiger partial charge in [0.25, 0.3) is 5.52 Å². The van der Waals surface area contributed by atoms with Crippen molar-refractivity contribution in [3.8, 4) is 34.9 Å². The highest BCUT2D eigenvalue weighted by molar-refractivity contribution is 7.99. The molecule has 0 aliphatic heterocycles. The summed E-state index contributed by atoms with van der Waals surface area (Å²) in [4.78, 5) is 0. The molecule has 2 aromatic heterocycles. The van der Waals surface area contributed by atoms with Gasteiger partial charge in [-0.05, 0) is 29.7 Å². The Labute approximate surface area is 170 Å². The van der Waals surface area contributed by atoms with Crippen molar-refractivity contribution in [3.63, 3.8) is 0 Å². The van der Waals surface area contributed by atoms with Gasteiger partial charge >= 0.3 is 5.35 Å². The number of rotatable bonds is 2. The van der Waals surface area contributed by atoms with Crippen molar-refractivity contribution in [2.24, 2.45) is 7.05 Å². The van der Waals surface area contributed by atoms with Gasteiger partial charge in [0, 0.05) is 58.2 Å². The number of fused-ring (bicyclic) bond motifs is 4. The van der Waals surface area contributed by atoms with Crippen LogP contribution in [0.25, 0.3) is 32.9 Å². The highest BCUT2D eigenvalue weighted by atomic mass is 35.5. The minimum Gasteiger partial charge on any atom is -0.388 e. The molecule has 5 nitrogen and oxygen atoms in total. The van der Waals surface area contributed by atoms with Gasteiger partial charge in [-0.3, -0.25) is 0 Å². The summed E-state index contributed by atoms with van der Waals surface area (Å²) in [7, 11) is 2.04. The van der Waals surface area contributed by atoms with Crippen LogP contribution < -0.4 is 4.57 Å². The van der Waals surface area contributed by atoms with Crippen molar-refractivity contribution in [2.45, 2.75) is 6.54 Å². The Bertz CT molecular complexity index is 1400. The first-order valence-electron chi connectivity index (χ1n) is 8.14. The van der Waals surface area contributed by atoms with Gasteiger partial charge in [0.05, 0.1) is 5.52 Å². The molecule has 0 amide bonds. The third-order valence-electron chi connectivity index (χ3n) is 4.33. The van der Waals surface area contributed by atoms with E-state index in [1.165, 1.54) is 5.39 Å². The number of hydrogen-bond donors (Lipinski definition) is 1. The van der Waals surface area contributed by atoms with E-state index < -0.39 is 0 Å². The molecule has 0 aliphatic rings. The van der Waals surface area contributed by atoms with Crippen LogP contribution in [0.2, 0.25) is 5.35 Å².